The van der Waals surface area contributed by atoms with Crippen LogP contribution in [-0.4, -0.2) is 47.2 Å². The molecule has 9 heteroatoms. The maximum Gasteiger partial charge on any atom is 0.393 e. The maximum atomic E-state index is 13.9. The van der Waals surface area contributed by atoms with E-state index in [1.807, 2.05) is 12.1 Å². The first kappa shape index (κ1) is 19.7. The van der Waals surface area contributed by atoms with Crippen LogP contribution in [0.5, 0.6) is 0 Å². The molecule has 0 N–H and O–H groups in total. The topological polar surface area (TPSA) is 32.3 Å². The lowest BCUT2D eigenvalue weighted by Crippen LogP contribution is -2.57. The predicted octanol–water partition coefficient (Wildman–Crippen LogP) is 4.65. The summed E-state index contributed by atoms with van der Waals surface area (Å²) in [5.74, 6) is 0.538. The summed E-state index contributed by atoms with van der Waals surface area (Å²) in [5.41, 5.74) is 0.836. The molecule has 0 atom stereocenters. The van der Waals surface area contributed by atoms with E-state index in [1.54, 1.807) is 12.1 Å². The van der Waals surface area contributed by atoms with Crippen LogP contribution in [0.1, 0.15) is 16.9 Å². The van der Waals surface area contributed by atoms with Gasteiger partial charge in [0.2, 0.25) is 0 Å². The van der Waals surface area contributed by atoms with E-state index in [0.717, 1.165) is 43.9 Å². The Kier molecular flexibility index (Phi) is 4.70. The minimum Gasteiger partial charge on any atom is -0.355 e. The number of rotatable bonds is 4. The number of alkyl halides is 3. The molecule has 0 aliphatic carbocycles. The highest BCUT2D eigenvalue weighted by Crippen LogP contribution is 2.43. The number of nitrogens with zero attached hydrogens (tertiary/aromatic N) is 4. The molecule has 0 unspecified atom stereocenters. The number of anilines is 1. The minimum atomic E-state index is -4.24. The highest BCUT2D eigenvalue weighted by atomic mass is 32.1. The maximum absolute atomic E-state index is 13.9. The fraction of sp³-hybridized carbons (Fsp3) is 0.429. The zero-order chi connectivity index (χ0) is 20.9. The van der Waals surface area contributed by atoms with Gasteiger partial charge in [-0.15, -0.1) is 11.3 Å². The second-order valence-electron chi connectivity index (χ2n) is 8.33. The molecule has 2 fully saturated rings. The van der Waals surface area contributed by atoms with Crippen LogP contribution in [0.3, 0.4) is 0 Å². The fourth-order valence-corrected chi connectivity index (χ4v) is 5.71. The molecule has 2 saturated heterocycles. The second-order valence-corrected chi connectivity index (χ2v) is 9.44. The molecule has 1 spiro atoms. The summed E-state index contributed by atoms with van der Waals surface area (Å²) in [6.07, 6.45) is -2.75. The molecule has 5 rings (SSSR count). The molecule has 2 aliphatic rings. The Labute approximate surface area is 175 Å². The molecule has 30 heavy (non-hydrogen) atoms. The Morgan fingerprint density at radius 3 is 2.67 bits per heavy atom. The van der Waals surface area contributed by atoms with Gasteiger partial charge in [0.1, 0.15) is 22.8 Å². The number of aromatic nitrogens is 2. The SMILES string of the molecule is Fc1ccccc1CN1CC2(CCN(c3ncnc4sc(CC(F)(F)F)cc34)C2)C1. The van der Waals surface area contributed by atoms with E-state index in [1.165, 1.54) is 12.4 Å². The van der Waals surface area contributed by atoms with Crippen LogP contribution >= 0.6 is 11.3 Å². The zero-order valence-electron chi connectivity index (χ0n) is 16.1. The summed E-state index contributed by atoms with van der Waals surface area (Å²) < 4.78 is 52.2. The van der Waals surface area contributed by atoms with E-state index >= 15 is 0 Å². The monoisotopic (exact) mass is 436 g/mol. The van der Waals surface area contributed by atoms with Crippen molar-refractivity contribution in [2.75, 3.05) is 31.1 Å². The predicted molar refractivity (Wildman–Crippen MR) is 108 cm³/mol. The van der Waals surface area contributed by atoms with Gasteiger partial charge >= 0.3 is 6.18 Å². The summed E-state index contributed by atoms with van der Waals surface area (Å²) in [4.78, 5) is 13.8. The molecular formula is C21H20F4N4S. The van der Waals surface area contributed by atoms with Gasteiger partial charge in [0.05, 0.1) is 11.8 Å². The normalized spacial score (nSPS) is 19.0. The van der Waals surface area contributed by atoms with Gasteiger partial charge in [0.15, 0.2) is 0 Å². The summed E-state index contributed by atoms with van der Waals surface area (Å²) in [6.45, 7) is 3.98. The van der Waals surface area contributed by atoms with Crippen molar-refractivity contribution >= 4 is 27.4 Å². The quantitative estimate of drug-likeness (QED) is 0.558. The first-order valence-corrected chi connectivity index (χ1v) is 10.6. The summed E-state index contributed by atoms with van der Waals surface area (Å²) in [7, 11) is 0. The standard InChI is InChI=1S/C21H20F4N4S/c22-17-4-2-1-3-14(17)9-28-10-20(11-28)5-6-29(12-20)18-16-7-15(8-21(23,24)25)30-19(16)27-13-26-18/h1-4,7,13H,5-6,8-12H2. The summed E-state index contributed by atoms with van der Waals surface area (Å²) >= 11 is 1.08. The zero-order valence-corrected chi connectivity index (χ0v) is 16.9. The van der Waals surface area contributed by atoms with E-state index < -0.39 is 12.6 Å². The van der Waals surface area contributed by atoms with E-state index in [0.29, 0.717) is 28.1 Å². The second kappa shape index (κ2) is 7.16. The van der Waals surface area contributed by atoms with Crippen molar-refractivity contribution in [3.63, 3.8) is 0 Å². The van der Waals surface area contributed by atoms with Crippen molar-refractivity contribution in [3.8, 4) is 0 Å². The number of benzene rings is 1. The Morgan fingerprint density at radius 1 is 1.10 bits per heavy atom. The molecule has 158 valence electrons. The van der Waals surface area contributed by atoms with Gasteiger partial charge in [-0.1, -0.05) is 18.2 Å². The molecule has 1 aromatic carbocycles. The molecule has 3 aromatic rings. The van der Waals surface area contributed by atoms with E-state index in [2.05, 4.69) is 19.8 Å². The summed E-state index contributed by atoms with van der Waals surface area (Å²) in [5, 5.41) is 0.696. The molecule has 2 aromatic heterocycles. The highest BCUT2D eigenvalue weighted by molar-refractivity contribution is 7.18. The minimum absolute atomic E-state index is 0.132. The Balaban J connectivity index is 1.28. The molecule has 4 nitrogen and oxygen atoms in total. The molecule has 0 amide bonds. The van der Waals surface area contributed by atoms with Crippen LogP contribution in [-0.2, 0) is 13.0 Å². The van der Waals surface area contributed by atoms with Gasteiger partial charge in [-0.05, 0) is 18.6 Å². The number of likely N-dealkylation sites (tertiary alicyclic amines) is 1. The lowest BCUT2D eigenvalue weighted by atomic mass is 9.79. The number of halogens is 4. The summed E-state index contributed by atoms with van der Waals surface area (Å²) in [6, 6.07) is 8.42. The molecule has 0 radical (unpaired) electrons. The molecular weight excluding hydrogens is 416 g/mol. The fourth-order valence-electron chi connectivity index (χ4n) is 4.69. The van der Waals surface area contributed by atoms with Gasteiger partial charge in [-0.2, -0.15) is 13.2 Å². The third-order valence-electron chi connectivity index (χ3n) is 5.94. The number of thiophene rings is 1. The average molecular weight is 436 g/mol. The van der Waals surface area contributed by atoms with E-state index in [4.69, 9.17) is 0 Å². The van der Waals surface area contributed by atoms with Crippen molar-refractivity contribution in [2.24, 2.45) is 5.41 Å². The lowest BCUT2D eigenvalue weighted by molar-refractivity contribution is -0.126. The smallest absolute Gasteiger partial charge is 0.355 e. The van der Waals surface area contributed by atoms with Gasteiger partial charge in [0, 0.05) is 48.6 Å². The third-order valence-corrected chi connectivity index (χ3v) is 6.98. The third kappa shape index (κ3) is 3.76. The van der Waals surface area contributed by atoms with Crippen LogP contribution in [0.4, 0.5) is 23.4 Å². The molecule has 2 aliphatic heterocycles. The van der Waals surface area contributed by atoms with Crippen LogP contribution < -0.4 is 4.90 Å². The van der Waals surface area contributed by atoms with Gasteiger partial charge in [-0.3, -0.25) is 4.90 Å². The lowest BCUT2D eigenvalue weighted by Gasteiger charge is -2.48. The van der Waals surface area contributed by atoms with Crippen LogP contribution in [0, 0.1) is 11.2 Å². The Hall–Kier alpha value is -2.26. The van der Waals surface area contributed by atoms with Crippen molar-refractivity contribution in [3.05, 3.63) is 52.9 Å². The van der Waals surface area contributed by atoms with Gasteiger partial charge < -0.3 is 4.90 Å². The highest BCUT2D eigenvalue weighted by Gasteiger charge is 2.48. The molecule has 0 saturated carbocycles. The number of fused-ring (bicyclic) bond motifs is 1. The number of hydrogen-bond acceptors (Lipinski definition) is 5. The Morgan fingerprint density at radius 2 is 1.90 bits per heavy atom. The Bertz CT molecular complexity index is 1070. The van der Waals surface area contributed by atoms with E-state index in [9.17, 15) is 17.6 Å². The van der Waals surface area contributed by atoms with Crippen LogP contribution in [0.15, 0.2) is 36.7 Å². The van der Waals surface area contributed by atoms with Crippen molar-refractivity contribution in [1.82, 2.24) is 14.9 Å². The van der Waals surface area contributed by atoms with Gasteiger partial charge in [-0.25, -0.2) is 14.4 Å². The first-order chi connectivity index (χ1) is 14.3. The van der Waals surface area contributed by atoms with Crippen molar-refractivity contribution in [1.29, 1.82) is 0 Å². The molecule has 0 bridgehead atoms. The average Bonchev–Trinajstić information content (AvgIpc) is 3.25. The van der Waals surface area contributed by atoms with Crippen LogP contribution in [0.2, 0.25) is 0 Å². The van der Waals surface area contributed by atoms with Crippen LogP contribution in [0.25, 0.3) is 10.2 Å². The van der Waals surface area contributed by atoms with E-state index in [-0.39, 0.29) is 16.1 Å². The largest absolute Gasteiger partial charge is 0.393 e. The first-order valence-electron chi connectivity index (χ1n) is 9.81. The molecule has 4 heterocycles. The number of hydrogen-bond donors (Lipinski definition) is 0. The van der Waals surface area contributed by atoms with Crippen molar-refractivity contribution in [2.45, 2.75) is 25.6 Å². The van der Waals surface area contributed by atoms with Crippen molar-refractivity contribution < 1.29 is 17.6 Å². The van der Waals surface area contributed by atoms with Gasteiger partial charge in [0.25, 0.3) is 0 Å².